The molecule has 1 saturated heterocycles. The number of fused-ring (bicyclic) bond motifs is 1. The van der Waals surface area contributed by atoms with Crippen LogP contribution in [-0.2, 0) is 16.0 Å². The summed E-state index contributed by atoms with van der Waals surface area (Å²) in [5.41, 5.74) is 3.78. The molecule has 1 fully saturated rings. The van der Waals surface area contributed by atoms with Gasteiger partial charge in [0, 0.05) is 30.9 Å². The SMILES string of the molecule is O=C(NCC1CCCc2ccccc21)c1ccc(N2C(=O)CCC2=O)cc1. The molecule has 3 amide bonds. The minimum atomic E-state index is -0.187. The molecule has 5 nitrogen and oxygen atoms in total. The van der Waals surface area contributed by atoms with Gasteiger partial charge in [-0.15, -0.1) is 0 Å². The van der Waals surface area contributed by atoms with Gasteiger partial charge < -0.3 is 5.32 Å². The minimum absolute atomic E-state index is 0.135. The highest BCUT2D eigenvalue weighted by atomic mass is 16.2. The van der Waals surface area contributed by atoms with Gasteiger partial charge in [-0.25, -0.2) is 0 Å². The van der Waals surface area contributed by atoms with E-state index in [1.54, 1.807) is 24.3 Å². The zero-order valence-corrected chi connectivity index (χ0v) is 15.1. The Balaban J connectivity index is 1.41. The Morgan fingerprint density at radius 2 is 1.67 bits per heavy atom. The first-order chi connectivity index (χ1) is 13.1. The molecule has 1 atom stereocenters. The summed E-state index contributed by atoms with van der Waals surface area (Å²) >= 11 is 0. The number of aryl methyl sites for hydroxylation is 1. The van der Waals surface area contributed by atoms with E-state index >= 15 is 0 Å². The van der Waals surface area contributed by atoms with Gasteiger partial charge >= 0.3 is 0 Å². The molecule has 0 spiro atoms. The van der Waals surface area contributed by atoms with Crippen LogP contribution in [0.2, 0.25) is 0 Å². The number of imide groups is 1. The summed E-state index contributed by atoms with van der Waals surface area (Å²) in [6, 6.07) is 15.1. The first-order valence-corrected chi connectivity index (χ1v) is 9.45. The average Bonchev–Trinajstić information content (AvgIpc) is 3.04. The lowest BCUT2D eigenvalue weighted by Crippen LogP contribution is -2.30. The predicted molar refractivity (Wildman–Crippen MR) is 103 cm³/mol. The number of nitrogens with zero attached hydrogens (tertiary/aromatic N) is 1. The van der Waals surface area contributed by atoms with Crippen LogP contribution >= 0.6 is 0 Å². The molecule has 4 rings (SSSR count). The fraction of sp³-hybridized carbons (Fsp3) is 0.318. The van der Waals surface area contributed by atoms with Gasteiger partial charge in [0.2, 0.25) is 11.8 Å². The van der Waals surface area contributed by atoms with E-state index in [1.807, 2.05) is 0 Å². The molecule has 0 aromatic heterocycles. The number of amides is 3. The second-order valence-electron chi connectivity index (χ2n) is 7.17. The highest BCUT2D eigenvalue weighted by molar-refractivity contribution is 6.19. The van der Waals surface area contributed by atoms with Crippen molar-refractivity contribution in [2.45, 2.75) is 38.0 Å². The zero-order chi connectivity index (χ0) is 18.8. The van der Waals surface area contributed by atoms with Crippen molar-refractivity contribution < 1.29 is 14.4 Å². The number of carbonyl (C=O) groups is 3. The van der Waals surface area contributed by atoms with Crippen LogP contribution < -0.4 is 10.2 Å². The van der Waals surface area contributed by atoms with E-state index in [1.165, 1.54) is 16.0 Å². The van der Waals surface area contributed by atoms with Crippen molar-refractivity contribution in [2.75, 3.05) is 11.4 Å². The van der Waals surface area contributed by atoms with E-state index in [9.17, 15) is 14.4 Å². The molecule has 1 unspecified atom stereocenters. The van der Waals surface area contributed by atoms with Gasteiger partial charge in [-0.1, -0.05) is 24.3 Å². The Morgan fingerprint density at radius 1 is 0.963 bits per heavy atom. The fourth-order valence-electron chi connectivity index (χ4n) is 4.01. The van der Waals surface area contributed by atoms with Crippen molar-refractivity contribution in [1.82, 2.24) is 5.32 Å². The quantitative estimate of drug-likeness (QED) is 0.850. The smallest absolute Gasteiger partial charge is 0.251 e. The largest absolute Gasteiger partial charge is 0.351 e. The van der Waals surface area contributed by atoms with Crippen molar-refractivity contribution in [3.05, 3.63) is 65.2 Å². The molecule has 1 aliphatic heterocycles. The number of anilines is 1. The monoisotopic (exact) mass is 362 g/mol. The lowest BCUT2D eigenvalue weighted by Gasteiger charge is -2.25. The molecule has 0 radical (unpaired) electrons. The summed E-state index contributed by atoms with van der Waals surface area (Å²) in [5.74, 6) is -0.164. The lowest BCUT2D eigenvalue weighted by molar-refractivity contribution is -0.121. The van der Waals surface area contributed by atoms with Gasteiger partial charge in [0.25, 0.3) is 5.91 Å². The Kier molecular flexibility index (Phi) is 4.75. The topological polar surface area (TPSA) is 66.5 Å². The number of nitrogens with one attached hydrogen (secondary N) is 1. The van der Waals surface area contributed by atoms with Crippen LogP contribution in [0.25, 0.3) is 0 Å². The third-order valence-electron chi connectivity index (χ3n) is 5.44. The fourth-order valence-corrected chi connectivity index (χ4v) is 4.01. The number of rotatable bonds is 4. The van der Waals surface area contributed by atoms with Gasteiger partial charge in [0.05, 0.1) is 5.69 Å². The van der Waals surface area contributed by atoms with E-state index in [4.69, 9.17) is 0 Å². The maximum absolute atomic E-state index is 12.5. The maximum atomic E-state index is 12.5. The third kappa shape index (κ3) is 3.50. The van der Waals surface area contributed by atoms with Gasteiger partial charge in [-0.2, -0.15) is 0 Å². The molecule has 138 valence electrons. The van der Waals surface area contributed by atoms with Gasteiger partial charge in [0.15, 0.2) is 0 Å². The van der Waals surface area contributed by atoms with Crippen LogP contribution in [0.15, 0.2) is 48.5 Å². The zero-order valence-electron chi connectivity index (χ0n) is 15.1. The third-order valence-corrected chi connectivity index (χ3v) is 5.44. The summed E-state index contributed by atoms with van der Waals surface area (Å²) in [4.78, 5) is 37.3. The molecule has 2 aromatic carbocycles. The van der Waals surface area contributed by atoms with Crippen molar-refractivity contribution in [2.24, 2.45) is 0 Å². The van der Waals surface area contributed by atoms with E-state index < -0.39 is 0 Å². The Labute approximate surface area is 158 Å². The summed E-state index contributed by atoms with van der Waals surface area (Å²) in [6.07, 6.45) is 3.84. The van der Waals surface area contributed by atoms with E-state index in [-0.39, 0.29) is 30.6 Å². The van der Waals surface area contributed by atoms with Crippen molar-refractivity contribution >= 4 is 23.4 Å². The maximum Gasteiger partial charge on any atom is 0.251 e. The normalized spacial score (nSPS) is 19.1. The van der Waals surface area contributed by atoms with Crippen molar-refractivity contribution in [3.8, 4) is 0 Å². The molecule has 1 N–H and O–H groups in total. The summed E-state index contributed by atoms with van der Waals surface area (Å²) in [5, 5.41) is 3.03. The van der Waals surface area contributed by atoms with E-state index in [0.29, 0.717) is 23.7 Å². The average molecular weight is 362 g/mol. The summed E-state index contributed by atoms with van der Waals surface area (Å²) in [7, 11) is 0. The lowest BCUT2D eigenvalue weighted by atomic mass is 9.83. The minimum Gasteiger partial charge on any atom is -0.351 e. The van der Waals surface area contributed by atoms with Gasteiger partial charge in [-0.3, -0.25) is 19.3 Å². The standard InChI is InChI=1S/C22H22N2O3/c25-20-12-13-21(26)24(20)18-10-8-16(9-11-18)22(27)23-14-17-6-3-5-15-4-1-2-7-19(15)17/h1-2,4,7-11,17H,3,5-6,12-14H2,(H,23,27). The van der Waals surface area contributed by atoms with Crippen LogP contribution in [0, 0.1) is 0 Å². The van der Waals surface area contributed by atoms with E-state index in [2.05, 4.69) is 29.6 Å². The molecular weight excluding hydrogens is 340 g/mol. The summed E-state index contributed by atoms with van der Waals surface area (Å²) in [6.45, 7) is 0.612. The number of carbonyl (C=O) groups excluding carboxylic acids is 3. The van der Waals surface area contributed by atoms with Crippen molar-refractivity contribution in [3.63, 3.8) is 0 Å². The molecule has 0 bridgehead atoms. The molecule has 1 heterocycles. The molecular formula is C22H22N2O3. The molecule has 5 heteroatoms. The van der Waals surface area contributed by atoms with Crippen LogP contribution in [0.5, 0.6) is 0 Å². The first-order valence-electron chi connectivity index (χ1n) is 9.45. The number of hydrogen-bond donors (Lipinski definition) is 1. The van der Waals surface area contributed by atoms with Crippen LogP contribution in [0.4, 0.5) is 5.69 Å². The first kappa shape index (κ1) is 17.5. The highest BCUT2D eigenvalue weighted by Crippen LogP contribution is 2.31. The van der Waals surface area contributed by atoms with Crippen LogP contribution in [0.3, 0.4) is 0 Å². The van der Waals surface area contributed by atoms with Crippen molar-refractivity contribution in [1.29, 1.82) is 0 Å². The molecule has 2 aromatic rings. The highest BCUT2D eigenvalue weighted by Gasteiger charge is 2.30. The summed E-state index contributed by atoms with van der Waals surface area (Å²) < 4.78 is 0. The second kappa shape index (κ2) is 7.35. The molecule has 1 aliphatic carbocycles. The Hall–Kier alpha value is -2.95. The number of benzene rings is 2. The molecule has 0 saturated carbocycles. The molecule has 2 aliphatic rings. The molecule has 27 heavy (non-hydrogen) atoms. The predicted octanol–water partition coefficient (Wildman–Crippen LogP) is 3.19. The van der Waals surface area contributed by atoms with Gasteiger partial charge in [0.1, 0.15) is 0 Å². The van der Waals surface area contributed by atoms with Crippen LogP contribution in [0.1, 0.15) is 53.1 Å². The second-order valence-corrected chi connectivity index (χ2v) is 7.17. The number of hydrogen-bond acceptors (Lipinski definition) is 3. The van der Waals surface area contributed by atoms with Crippen LogP contribution in [-0.4, -0.2) is 24.3 Å². The Morgan fingerprint density at radius 3 is 2.41 bits per heavy atom. The Bertz CT molecular complexity index is 873. The van der Waals surface area contributed by atoms with E-state index in [0.717, 1.165) is 19.3 Å². The van der Waals surface area contributed by atoms with Gasteiger partial charge in [-0.05, 0) is 54.7 Å².